The molecular weight excluding hydrogens is 398 g/mol. The molecule has 9 heteroatoms. The van der Waals surface area contributed by atoms with E-state index in [1.165, 1.54) is 15.6 Å². The number of amides is 1. The minimum atomic E-state index is -3.62. The van der Waals surface area contributed by atoms with Crippen molar-refractivity contribution in [3.63, 3.8) is 0 Å². The molecule has 0 atom stereocenters. The second kappa shape index (κ2) is 6.81. The molecule has 2 aliphatic heterocycles. The SMILES string of the molecule is Cc1c(S(=O)(=O)N2CCC3(CC2)CN(C)C(=O)CO3)sc2ccc(C#N)cc12. The molecule has 0 N–H and O–H groups in total. The van der Waals surface area contributed by atoms with Crippen molar-refractivity contribution in [1.82, 2.24) is 9.21 Å². The summed E-state index contributed by atoms with van der Waals surface area (Å²) in [5, 5.41) is 9.92. The molecule has 3 heterocycles. The van der Waals surface area contributed by atoms with Gasteiger partial charge in [-0.2, -0.15) is 9.57 Å². The first kappa shape index (κ1) is 19.3. The molecule has 0 aliphatic carbocycles. The van der Waals surface area contributed by atoms with E-state index < -0.39 is 15.6 Å². The summed E-state index contributed by atoms with van der Waals surface area (Å²) in [5.41, 5.74) is 0.757. The molecule has 1 spiro atoms. The molecule has 2 aromatic rings. The van der Waals surface area contributed by atoms with Gasteiger partial charge in [-0.1, -0.05) is 0 Å². The molecule has 0 unspecified atom stereocenters. The van der Waals surface area contributed by atoms with Gasteiger partial charge >= 0.3 is 0 Å². The van der Waals surface area contributed by atoms with Crippen LogP contribution in [0.5, 0.6) is 0 Å². The molecule has 1 amide bonds. The predicted octanol–water partition coefficient (Wildman–Crippen LogP) is 2.09. The zero-order valence-electron chi connectivity index (χ0n) is 15.8. The number of fused-ring (bicyclic) bond motifs is 1. The van der Waals surface area contributed by atoms with Crippen LogP contribution in [0, 0.1) is 18.3 Å². The summed E-state index contributed by atoms with van der Waals surface area (Å²) in [5.74, 6) is -0.0432. The van der Waals surface area contributed by atoms with Crippen LogP contribution in [-0.4, -0.2) is 62.4 Å². The largest absolute Gasteiger partial charge is 0.363 e. The first-order chi connectivity index (χ1) is 13.3. The van der Waals surface area contributed by atoms with Crippen molar-refractivity contribution < 1.29 is 17.9 Å². The monoisotopic (exact) mass is 419 g/mol. The fourth-order valence-corrected chi connectivity index (χ4v) is 7.28. The highest BCUT2D eigenvalue weighted by Gasteiger charge is 2.44. The summed E-state index contributed by atoms with van der Waals surface area (Å²) in [6, 6.07) is 7.35. The van der Waals surface area contributed by atoms with Gasteiger partial charge < -0.3 is 9.64 Å². The summed E-state index contributed by atoms with van der Waals surface area (Å²) in [4.78, 5) is 13.3. The smallest absolute Gasteiger partial charge is 0.252 e. The van der Waals surface area contributed by atoms with Gasteiger partial charge in [0.1, 0.15) is 10.8 Å². The van der Waals surface area contributed by atoms with Crippen LogP contribution < -0.4 is 0 Å². The topological polar surface area (TPSA) is 90.7 Å². The molecule has 4 rings (SSSR count). The lowest BCUT2D eigenvalue weighted by molar-refractivity contribution is -0.167. The third kappa shape index (κ3) is 3.10. The zero-order chi connectivity index (χ0) is 20.1. The van der Waals surface area contributed by atoms with Gasteiger partial charge in [-0.15, -0.1) is 11.3 Å². The number of piperidine rings is 1. The Kier molecular flexibility index (Phi) is 4.70. The van der Waals surface area contributed by atoms with E-state index in [9.17, 15) is 13.2 Å². The second-order valence-electron chi connectivity index (χ2n) is 7.46. The normalized spacial score (nSPS) is 20.6. The van der Waals surface area contributed by atoms with Crippen molar-refractivity contribution in [3.05, 3.63) is 29.3 Å². The van der Waals surface area contributed by atoms with Crippen LogP contribution in [0.3, 0.4) is 0 Å². The van der Waals surface area contributed by atoms with Crippen LogP contribution in [0.4, 0.5) is 0 Å². The van der Waals surface area contributed by atoms with Gasteiger partial charge in [0.2, 0.25) is 5.91 Å². The Hall–Kier alpha value is -1.99. The van der Waals surface area contributed by atoms with E-state index in [-0.39, 0.29) is 12.5 Å². The standard InChI is InChI=1S/C19H21N3O4S2/c1-13-15-9-14(10-20)3-4-16(15)27-18(13)28(24,25)22-7-5-19(6-8-22)12-21(2)17(23)11-26-19/h3-4,9H,5-8,11-12H2,1-2H3. The fraction of sp³-hybridized carbons (Fsp3) is 0.474. The summed E-state index contributed by atoms with van der Waals surface area (Å²) in [7, 11) is -1.87. The Morgan fingerprint density at radius 3 is 2.64 bits per heavy atom. The molecule has 0 bridgehead atoms. The Labute approximate surface area is 168 Å². The van der Waals surface area contributed by atoms with Gasteiger partial charge in [-0.3, -0.25) is 4.79 Å². The average Bonchev–Trinajstić information content (AvgIpc) is 3.02. The number of benzene rings is 1. The fourth-order valence-electron chi connectivity index (χ4n) is 3.96. The lowest BCUT2D eigenvalue weighted by atomic mass is 9.90. The third-order valence-corrected chi connectivity index (χ3v) is 9.45. The number of sulfonamides is 1. The maximum Gasteiger partial charge on any atom is 0.252 e. The third-order valence-electron chi connectivity index (χ3n) is 5.68. The molecule has 0 radical (unpaired) electrons. The molecule has 2 saturated heterocycles. The lowest BCUT2D eigenvalue weighted by Gasteiger charge is -2.45. The van der Waals surface area contributed by atoms with Gasteiger partial charge in [0.15, 0.2) is 0 Å². The summed E-state index contributed by atoms with van der Waals surface area (Å²) < 4.78 is 35.1. The maximum atomic E-state index is 13.3. The number of rotatable bonds is 2. The molecular formula is C19H21N3O4S2. The highest BCUT2D eigenvalue weighted by atomic mass is 32.2. The number of thiophene rings is 1. The van der Waals surface area contributed by atoms with Crippen LogP contribution in [0.2, 0.25) is 0 Å². The number of hydrogen-bond acceptors (Lipinski definition) is 6. The molecule has 2 fully saturated rings. The molecule has 1 aromatic carbocycles. The van der Waals surface area contributed by atoms with E-state index in [1.54, 1.807) is 37.1 Å². The van der Waals surface area contributed by atoms with E-state index >= 15 is 0 Å². The van der Waals surface area contributed by atoms with Crippen molar-refractivity contribution in [3.8, 4) is 6.07 Å². The van der Waals surface area contributed by atoms with Gasteiger partial charge in [0.05, 0.1) is 17.2 Å². The van der Waals surface area contributed by atoms with Crippen molar-refractivity contribution in [2.75, 3.05) is 33.3 Å². The Balaban J connectivity index is 1.59. The van der Waals surface area contributed by atoms with E-state index in [0.29, 0.717) is 47.8 Å². The Bertz CT molecular complexity index is 1090. The summed E-state index contributed by atoms with van der Waals surface area (Å²) >= 11 is 1.25. The highest BCUT2D eigenvalue weighted by Crippen LogP contribution is 2.38. The first-order valence-electron chi connectivity index (χ1n) is 9.07. The molecule has 28 heavy (non-hydrogen) atoms. The lowest BCUT2D eigenvalue weighted by Crippen LogP contribution is -2.58. The Morgan fingerprint density at radius 1 is 1.29 bits per heavy atom. The number of ether oxygens (including phenoxy) is 1. The van der Waals surface area contributed by atoms with E-state index in [4.69, 9.17) is 10.00 Å². The molecule has 0 saturated carbocycles. The van der Waals surface area contributed by atoms with E-state index in [1.807, 2.05) is 0 Å². The maximum absolute atomic E-state index is 13.3. The zero-order valence-corrected chi connectivity index (χ0v) is 17.4. The van der Waals surface area contributed by atoms with Crippen LogP contribution in [0.25, 0.3) is 10.1 Å². The number of likely N-dealkylation sites (N-methyl/N-ethyl adjacent to an activating group) is 1. The van der Waals surface area contributed by atoms with Crippen molar-refractivity contribution >= 4 is 37.4 Å². The highest BCUT2D eigenvalue weighted by molar-refractivity contribution is 7.91. The summed E-state index contributed by atoms with van der Waals surface area (Å²) in [6.07, 6.45) is 1.12. The Morgan fingerprint density at radius 2 is 2.00 bits per heavy atom. The van der Waals surface area contributed by atoms with Crippen LogP contribution in [-0.2, 0) is 19.6 Å². The minimum absolute atomic E-state index is 0.0432. The minimum Gasteiger partial charge on any atom is -0.363 e. The van der Waals surface area contributed by atoms with Gasteiger partial charge in [-0.05, 0) is 48.9 Å². The number of nitrogens with zero attached hydrogens (tertiary/aromatic N) is 3. The number of carbonyl (C=O) groups is 1. The van der Waals surface area contributed by atoms with E-state index in [0.717, 1.165) is 10.1 Å². The van der Waals surface area contributed by atoms with Crippen molar-refractivity contribution in [1.29, 1.82) is 5.26 Å². The quantitative estimate of drug-likeness (QED) is 0.743. The number of morpholine rings is 1. The number of nitriles is 1. The van der Waals surface area contributed by atoms with Gasteiger partial charge in [0, 0.05) is 31.4 Å². The average molecular weight is 420 g/mol. The molecule has 7 nitrogen and oxygen atoms in total. The first-order valence-corrected chi connectivity index (χ1v) is 11.3. The molecule has 148 valence electrons. The van der Waals surface area contributed by atoms with Crippen LogP contribution >= 0.6 is 11.3 Å². The predicted molar refractivity (Wildman–Crippen MR) is 106 cm³/mol. The van der Waals surface area contributed by atoms with Crippen LogP contribution in [0.15, 0.2) is 22.4 Å². The molecule has 1 aromatic heterocycles. The number of carbonyl (C=O) groups excluding carboxylic acids is 1. The van der Waals surface area contributed by atoms with Gasteiger partial charge in [-0.25, -0.2) is 8.42 Å². The molecule has 2 aliphatic rings. The van der Waals surface area contributed by atoms with Gasteiger partial charge in [0.25, 0.3) is 10.0 Å². The summed E-state index contributed by atoms with van der Waals surface area (Å²) in [6.45, 7) is 3.07. The van der Waals surface area contributed by atoms with Crippen molar-refractivity contribution in [2.24, 2.45) is 0 Å². The number of aryl methyl sites for hydroxylation is 1. The number of hydrogen-bond donors (Lipinski definition) is 0. The van der Waals surface area contributed by atoms with Crippen LogP contribution in [0.1, 0.15) is 24.0 Å². The van der Waals surface area contributed by atoms with E-state index in [2.05, 4.69) is 6.07 Å². The van der Waals surface area contributed by atoms with Crippen molar-refractivity contribution in [2.45, 2.75) is 29.6 Å². The second-order valence-corrected chi connectivity index (χ2v) is 10.6.